The van der Waals surface area contributed by atoms with Crippen molar-refractivity contribution in [2.45, 2.75) is 19.8 Å². The van der Waals surface area contributed by atoms with E-state index in [0.717, 1.165) is 11.5 Å². The van der Waals surface area contributed by atoms with Crippen LogP contribution in [0.4, 0.5) is 11.4 Å². The van der Waals surface area contributed by atoms with Crippen LogP contribution in [0.15, 0.2) is 24.3 Å². The van der Waals surface area contributed by atoms with Crippen molar-refractivity contribution in [1.82, 2.24) is 9.59 Å². The van der Waals surface area contributed by atoms with E-state index in [2.05, 4.69) is 14.9 Å². The molecule has 108 valence electrons. The Morgan fingerprint density at radius 2 is 2.14 bits per heavy atom. The maximum atomic E-state index is 12.8. The number of nitrogens with zero attached hydrogens (tertiary/aromatic N) is 3. The first kappa shape index (κ1) is 13.7. The standard InChI is InChI=1S/C14H14N4O2S/c1-8(2)12-13(21-17-16-12)14(20)18-7-11(19)15-9-5-3-4-6-10(9)18/h3-6,8H,7H2,1-2H3,(H,15,19). The van der Waals surface area contributed by atoms with Crippen LogP contribution in [0, 0.1) is 0 Å². The number of anilines is 2. The van der Waals surface area contributed by atoms with Crippen molar-refractivity contribution in [3.05, 3.63) is 34.8 Å². The van der Waals surface area contributed by atoms with Crippen molar-refractivity contribution in [1.29, 1.82) is 0 Å². The Morgan fingerprint density at radius 1 is 1.38 bits per heavy atom. The van der Waals surface area contributed by atoms with Gasteiger partial charge in [-0.3, -0.25) is 14.5 Å². The molecular weight excluding hydrogens is 288 g/mol. The molecule has 0 spiro atoms. The van der Waals surface area contributed by atoms with Crippen LogP contribution in [-0.2, 0) is 4.79 Å². The number of fused-ring (bicyclic) bond motifs is 1. The summed E-state index contributed by atoms with van der Waals surface area (Å²) >= 11 is 1.07. The fraction of sp³-hybridized carbons (Fsp3) is 0.286. The number of benzene rings is 1. The van der Waals surface area contributed by atoms with Crippen molar-refractivity contribution in [3.8, 4) is 0 Å². The van der Waals surface area contributed by atoms with Crippen LogP contribution in [0.3, 0.4) is 0 Å². The van der Waals surface area contributed by atoms with E-state index in [0.29, 0.717) is 21.9 Å². The van der Waals surface area contributed by atoms with Crippen LogP contribution < -0.4 is 10.2 Å². The molecule has 0 saturated heterocycles. The Morgan fingerprint density at radius 3 is 2.90 bits per heavy atom. The van der Waals surface area contributed by atoms with E-state index in [1.807, 2.05) is 32.0 Å². The zero-order chi connectivity index (χ0) is 15.0. The Labute approximate surface area is 125 Å². The Hall–Kier alpha value is -2.28. The number of carbonyl (C=O) groups excluding carboxylic acids is 2. The normalized spacial score (nSPS) is 14.0. The number of rotatable bonds is 2. The molecule has 6 nitrogen and oxygen atoms in total. The SMILES string of the molecule is CC(C)c1nnsc1C(=O)N1CC(=O)Nc2ccccc21. The lowest BCUT2D eigenvalue weighted by atomic mass is 10.1. The van der Waals surface area contributed by atoms with E-state index in [4.69, 9.17) is 0 Å². The highest BCUT2D eigenvalue weighted by atomic mass is 32.1. The third-order valence-electron chi connectivity index (χ3n) is 3.27. The molecule has 0 aliphatic carbocycles. The molecule has 2 heterocycles. The second-order valence-electron chi connectivity index (χ2n) is 5.10. The average molecular weight is 302 g/mol. The molecular formula is C14H14N4O2S. The third kappa shape index (κ3) is 2.40. The van der Waals surface area contributed by atoms with E-state index in [-0.39, 0.29) is 24.3 Å². The van der Waals surface area contributed by atoms with Gasteiger partial charge in [0.05, 0.1) is 17.1 Å². The largest absolute Gasteiger partial charge is 0.323 e. The topological polar surface area (TPSA) is 75.2 Å². The lowest BCUT2D eigenvalue weighted by Gasteiger charge is -2.28. The van der Waals surface area contributed by atoms with Gasteiger partial charge in [0.2, 0.25) is 5.91 Å². The zero-order valence-electron chi connectivity index (χ0n) is 11.7. The zero-order valence-corrected chi connectivity index (χ0v) is 12.5. The van der Waals surface area contributed by atoms with Gasteiger partial charge in [0.1, 0.15) is 11.4 Å². The molecule has 0 bridgehead atoms. The van der Waals surface area contributed by atoms with Crippen LogP contribution in [0.1, 0.15) is 35.1 Å². The minimum absolute atomic E-state index is 0.00524. The first-order chi connectivity index (χ1) is 10.1. The summed E-state index contributed by atoms with van der Waals surface area (Å²) in [7, 11) is 0. The minimum Gasteiger partial charge on any atom is -0.323 e. The second-order valence-corrected chi connectivity index (χ2v) is 5.85. The van der Waals surface area contributed by atoms with Gasteiger partial charge >= 0.3 is 0 Å². The molecule has 2 amide bonds. The molecule has 0 fully saturated rings. The van der Waals surface area contributed by atoms with Crippen molar-refractivity contribution >= 4 is 34.7 Å². The highest BCUT2D eigenvalue weighted by Gasteiger charge is 2.30. The maximum absolute atomic E-state index is 12.8. The highest BCUT2D eigenvalue weighted by Crippen LogP contribution is 2.31. The summed E-state index contributed by atoms with van der Waals surface area (Å²) in [5, 5.41) is 6.79. The lowest BCUT2D eigenvalue weighted by molar-refractivity contribution is -0.115. The molecule has 0 radical (unpaired) electrons. The number of hydrogen-bond acceptors (Lipinski definition) is 5. The number of amides is 2. The monoisotopic (exact) mass is 302 g/mol. The van der Waals surface area contributed by atoms with Crippen LogP contribution in [0.5, 0.6) is 0 Å². The summed E-state index contributed by atoms with van der Waals surface area (Å²) in [6, 6.07) is 7.25. The summed E-state index contributed by atoms with van der Waals surface area (Å²) in [5.41, 5.74) is 2.02. The molecule has 1 aromatic heterocycles. The smallest absolute Gasteiger partial charge is 0.272 e. The van der Waals surface area contributed by atoms with Gasteiger partial charge in [0, 0.05) is 0 Å². The van der Waals surface area contributed by atoms with Gasteiger partial charge in [-0.15, -0.1) is 5.10 Å². The van der Waals surface area contributed by atoms with Crippen LogP contribution in [-0.4, -0.2) is 27.9 Å². The average Bonchev–Trinajstić information content (AvgIpc) is 2.95. The summed E-state index contributed by atoms with van der Waals surface area (Å²) in [5.74, 6) is -0.321. The van der Waals surface area contributed by atoms with Crippen molar-refractivity contribution in [2.24, 2.45) is 0 Å². The number of carbonyl (C=O) groups is 2. The number of hydrogen-bond donors (Lipinski definition) is 1. The second kappa shape index (κ2) is 5.25. The maximum Gasteiger partial charge on any atom is 0.272 e. The van der Waals surface area contributed by atoms with E-state index < -0.39 is 0 Å². The Balaban J connectivity index is 2.02. The highest BCUT2D eigenvalue weighted by molar-refractivity contribution is 7.08. The van der Waals surface area contributed by atoms with Gasteiger partial charge in [-0.25, -0.2) is 0 Å². The summed E-state index contributed by atoms with van der Waals surface area (Å²) < 4.78 is 3.88. The molecule has 1 aliphatic rings. The molecule has 0 atom stereocenters. The van der Waals surface area contributed by atoms with E-state index in [1.54, 1.807) is 6.07 Å². The fourth-order valence-electron chi connectivity index (χ4n) is 2.26. The molecule has 7 heteroatoms. The Bertz CT molecular complexity index is 711. The van der Waals surface area contributed by atoms with Crippen LogP contribution >= 0.6 is 11.5 Å². The van der Waals surface area contributed by atoms with Crippen molar-refractivity contribution < 1.29 is 9.59 Å². The molecule has 21 heavy (non-hydrogen) atoms. The van der Waals surface area contributed by atoms with Crippen LogP contribution in [0.25, 0.3) is 0 Å². The van der Waals surface area contributed by atoms with E-state index >= 15 is 0 Å². The summed E-state index contributed by atoms with van der Waals surface area (Å²) in [6.45, 7) is 3.93. The molecule has 0 unspecified atom stereocenters. The van der Waals surface area contributed by atoms with Gasteiger partial charge in [-0.1, -0.05) is 30.5 Å². The van der Waals surface area contributed by atoms with Crippen molar-refractivity contribution in [2.75, 3.05) is 16.8 Å². The minimum atomic E-state index is -0.226. The van der Waals surface area contributed by atoms with Crippen molar-refractivity contribution in [3.63, 3.8) is 0 Å². The number of nitrogens with one attached hydrogen (secondary N) is 1. The summed E-state index contributed by atoms with van der Waals surface area (Å²) in [4.78, 5) is 26.5. The molecule has 0 saturated carbocycles. The van der Waals surface area contributed by atoms with Gasteiger partial charge in [0.15, 0.2) is 0 Å². The third-order valence-corrected chi connectivity index (χ3v) is 4.00. The van der Waals surface area contributed by atoms with E-state index in [9.17, 15) is 9.59 Å². The quantitative estimate of drug-likeness (QED) is 0.923. The molecule has 1 aromatic carbocycles. The Kier molecular flexibility index (Phi) is 3.42. The summed E-state index contributed by atoms with van der Waals surface area (Å²) in [6.07, 6.45) is 0. The van der Waals surface area contributed by atoms with Gasteiger partial charge in [-0.05, 0) is 29.6 Å². The lowest BCUT2D eigenvalue weighted by Crippen LogP contribution is -2.42. The first-order valence-corrected chi connectivity index (χ1v) is 7.38. The predicted octanol–water partition coefficient (Wildman–Crippen LogP) is 2.26. The fourth-order valence-corrected chi connectivity index (χ4v) is 3.03. The van der Waals surface area contributed by atoms with Gasteiger partial charge in [0.25, 0.3) is 5.91 Å². The number of para-hydroxylation sites is 2. The molecule has 3 rings (SSSR count). The van der Waals surface area contributed by atoms with Crippen LogP contribution in [0.2, 0.25) is 0 Å². The predicted molar refractivity (Wildman–Crippen MR) is 80.7 cm³/mol. The molecule has 1 N–H and O–H groups in total. The van der Waals surface area contributed by atoms with Gasteiger partial charge in [-0.2, -0.15) is 0 Å². The first-order valence-electron chi connectivity index (χ1n) is 6.61. The van der Waals surface area contributed by atoms with Gasteiger partial charge < -0.3 is 5.32 Å². The van der Waals surface area contributed by atoms with E-state index in [1.165, 1.54) is 4.90 Å². The number of aromatic nitrogens is 2. The molecule has 2 aromatic rings. The molecule has 1 aliphatic heterocycles.